The van der Waals surface area contributed by atoms with Gasteiger partial charge in [-0.05, 0) is 47.0 Å². The second-order valence-corrected chi connectivity index (χ2v) is 6.93. The molecule has 0 atom stereocenters. The molecule has 148 valence electrons. The van der Waals surface area contributed by atoms with Crippen LogP contribution in [0.5, 0.6) is 0 Å². The Morgan fingerprint density at radius 1 is 1.00 bits per heavy atom. The van der Waals surface area contributed by atoms with Gasteiger partial charge in [-0.25, -0.2) is 5.10 Å². The number of H-pyrrole nitrogens is 1. The Balaban J connectivity index is 0.00000240. The van der Waals surface area contributed by atoms with E-state index >= 15 is 0 Å². The Morgan fingerprint density at radius 2 is 1.72 bits per heavy atom. The summed E-state index contributed by atoms with van der Waals surface area (Å²) in [5, 5.41) is 18.3. The molecule has 0 spiro atoms. The van der Waals surface area contributed by atoms with Gasteiger partial charge in [-0.1, -0.05) is 60.1 Å². The molecule has 0 bridgehead atoms. The lowest BCUT2D eigenvalue weighted by molar-refractivity contribution is 0.881. The van der Waals surface area contributed by atoms with Gasteiger partial charge in [0.15, 0.2) is 5.82 Å². The smallest absolute Gasteiger partial charge is 0.180 e. The van der Waals surface area contributed by atoms with E-state index in [1.807, 2.05) is 38.1 Å². The predicted molar refractivity (Wildman–Crippen MR) is 118 cm³/mol. The molecule has 0 aliphatic carbocycles. The zero-order chi connectivity index (χ0) is 19.5. The Hall–Kier alpha value is -2.96. The molecular weight excluding hydrogens is 407 g/mol. The predicted octanol–water partition coefficient (Wildman–Crippen LogP) is 5.23. The highest BCUT2D eigenvalue weighted by molar-refractivity contribution is 6.33. The van der Waals surface area contributed by atoms with Gasteiger partial charge in [-0.3, -0.25) is 4.98 Å². The van der Waals surface area contributed by atoms with Crippen molar-refractivity contribution in [3.63, 3.8) is 0 Å². The molecule has 29 heavy (non-hydrogen) atoms. The molecule has 0 saturated carbocycles. The lowest BCUT2D eigenvalue weighted by Crippen LogP contribution is -2.02. The van der Waals surface area contributed by atoms with Crippen molar-refractivity contribution in [1.29, 1.82) is 0 Å². The highest BCUT2D eigenvalue weighted by Crippen LogP contribution is 2.30. The van der Waals surface area contributed by atoms with Crippen LogP contribution >= 0.6 is 24.0 Å². The lowest BCUT2D eigenvalue weighted by Gasteiger charge is -2.12. The fraction of sp³-hybridized carbons (Fsp3) is 0.143. The van der Waals surface area contributed by atoms with Gasteiger partial charge in [-0.2, -0.15) is 0 Å². The van der Waals surface area contributed by atoms with Crippen molar-refractivity contribution in [3.8, 4) is 22.5 Å². The van der Waals surface area contributed by atoms with E-state index in [9.17, 15) is 0 Å². The van der Waals surface area contributed by atoms with Gasteiger partial charge in [0.2, 0.25) is 0 Å². The van der Waals surface area contributed by atoms with Crippen LogP contribution in [0.15, 0.2) is 54.6 Å². The zero-order valence-corrected chi connectivity index (χ0v) is 17.6. The summed E-state index contributed by atoms with van der Waals surface area (Å²) < 4.78 is 0. The maximum Gasteiger partial charge on any atom is 0.180 e. The van der Waals surface area contributed by atoms with Crippen LogP contribution in [0.25, 0.3) is 22.5 Å². The van der Waals surface area contributed by atoms with E-state index in [0.29, 0.717) is 17.4 Å². The number of halogens is 2. The quantitative estimate of drug-likeness (QED) is 0.456. The fourth-order valence-corrected chi connectivity index (χ4v) is 3.32. The molecule has 6 nitrogen and oxygen atoms in total. The number of rotatable bonds is 5. The molecule has 0 radical (unpaired) electrons. The molecule has 0 aliphatic heterocycles. The van der Waals surface area contributed by atoms with E-state index in [1.54, 1.807) is 0 Å². The number of aromatic nitrogens is 5. The SMILES string of the molecule is Cc1cc(NCc2ccc(-c3ccccc3-c3nnn[nH]3)cc2)c(Cl)c(C)n1.Cl. The summed E-state index contributed by atoms with van der Waals surface area (Å²) in [6, 6.07) is 18.4. The molecule has 0 aliphatic rings. The number of benzene rings is 2. The topological polar surface area (TPSA) is 79.4 Å². The van der Waals surface area contributed by atoms with Crippen LogP contribution in [0, 0.1) is 13.8 Å². The number of hydrogen-bond donors (Lipinski definition) is 2. The number of hydrogen-bond acceptors (Lipinski definition) is 5. The van der Waals surface area contributed by atoms with Crippen LogP contribution < -0.4 is 5.32 Å². The molecule has 0 unspecified atom stereocenters. The molecule has 0 saturated heterocycles. The first-order chi connectivity index (χ1) is 13.6. The van der Waals surface area contributed by atoms with Gasteiger partial charge >= 0.3 is 0 Å². The van der Waals surface area contributed by atoms with E-state index in [1.165, 1.54) is 0 Å². The third kappa shape index (κ3) is 4.55. The number of nitrogens with zero attached hydrogens (tertiary/aromatic N) is 4. The number of aromatic amines is 1. The third-order valence-electron chi connectivity index (χ3n) is 4.53. The standard InChI is InChI=1S/C21H19ClN6.ClH/c1-13-11-19(20(22)14(2)24-13)23-12-15-7-9-16(10-8-15)17-5-3-4-6-18(17)21-25-27-28-26-21;/h3-11H,12H2,1-2H3,(H,23,24)(H,25,26,27,28);1H. The van der Waals surface area contributed by atoms with E-state index in [-0.39, 0.29) is 12.4 Å². The summed E-state index contributed by atoms with van der Waals surface area (Å²) in [7, 11) is 0. The van der Waals surface area contributed by atoms with Crippen LogP contribution in [-0.4, -0.2) is 25.6 Å². The van der Waals surface area contributed by atoms with Crippen LogP contribution in [0.1, 0.15) is 17.0 Å². The van der Waals surface area contributed by atoms with Gasteiger partial charge in [0.25, 0.3) is 0 Å². The summed E-state index contributed by atoms with van der Waals surface area (Å²) in [5.74, 6) is 0.652. The van der Waals surface area contributed by atoms with Crippen LogP contribution in [0.4, 0.5) is 5.69 Å². The minimum atomic E-state index is 0. The molecule has 4 rings (SSSR count). The third-order valence-corrected chi connectivity index (χ3v) is 5.00. The van der Waals surface area contributed by atoms with Crippen molar-refractivity contribution < 1.29 is 0 Å². The van der Waals surface area contributed by atoms with Gasteiger partial charge in [0.05, 0.1) is 16.4 Å². The molecular formula is C21H20Cl2N6. The number of anilines is 1. The van der Waals surface area contributed by atoms with Crippen molar-refractivity contribution >= 4 is 29.7 Å². The Morgan fingerprint density at radius 3 is 2.41 bits per heavy atom. The summed E-state index contributed by atoms with van der Waals surface area (Å²) >= 11 is 6.36. The second-order valence-electron chi connectivity index (χ2n) is 6.56. The number of nitrogens with one attached hydrogen (secondary N) is 2. The van der Waals surface area contributed by atoms with E-state index in [0.717, 1.165) is 39.3 Å². The normalized spacial score (nSPS) is 10.4. The van der Waals surface area contributed by atoms with Gasteiger partial charge in [0, 0.05) is 17.8 Å². The molecule has 8 heteroatoms. The maximum absolute atomic E-state index is 6.36. The summed E-state index contributed by atoms with van der Waals surface area (Å²) in [4.78, 5) is 4.37. The van der Waals surface area contributed by atoms with Crippen LogP contribution in [-0.2, 0) is 6.54 Å². The van der Waals surface area contributed by atoms with Crippen molar-refractivity contribution in [1.82, 2.24) is 25.6 Å². The van der Waals surface area contributed by atoms with E-state index in [4.69, 9.17) is 11.6 Å². The first-order valence-corrected chi connectivity index (χ1v) is 9.29. The lowest BCUT2D eigenvalue weighted by atomic mass is 9.98. The average molecular weight is 427 g/mol. The Kier molecular flexibility index (Phi) is 6.46. The van der Waals surface area contributed by atoms with Crippen LogP contribution in [0.3, 0.4) is 0 Å². The molecule has 2 aromatic heterocycles. The Labute approximate surface area is 180 Å². The minimum Gasteiger partial charge on any atom is -0.380 e. The summed E-state index contributed by atoms with van der Waals surface area (Å²) in [6.45, 7) is 4.55. The first kappa shape index (κ1) is 20.8. The number of tetrazole rings is 1. The average Bonchev–Trinajstić information content (AvgIpc) is 3.25. The summed E-state index contributed by atoms with van der Waals surface area (Å²) in [5.41, 5.74) is 6.97. The van der Waals surface area contributed by atoms with Crippen molar-refractivity contribution in [2.75, 3.05) is 5.32 Å². The molecule has 0 amide bonds. The molecule has 2 N–H and O–H groups in total. The van der Waals surface area contributed by atoms with Crippen molar-refractivity contribution in [2.24, 2.45) is 0 Å². The van der Waals surface area contributed by atoms with Crippen molar-refractivity contribution in [3.05, 3.63) is 76.6 Å². The number of aryl methyl sites for hydroxylation is 2. The van der Waals surface area contributed by atoms with E-state index < -0.39 is 0 Å². The fourth-order valence-electron chi connectivity index (χ4n) is 3.16. The molecule has 4 aromatic rings. The van der Waals surface area contributed by atoms with Gasteiger partial charge in [0.1, 0.15) is 0 Å². The second kappa shape index (κ2) is 9.03. The highest BCUT2D eigenvalue weighted by Gasteiger charge is 2.10. The highest BCUT2D eigenvalue weighted by atomic mass is 35.5. The molecule has 0 fully saturated rings. The monoisotopic (exact) mass is 426 g/mol. The maximum atomic E-state index is 6.36. The minimum absolute atomic E-state index is 0. The van der Waals surface area contributed by atoms with Gasteiger partial charge in [-0.15, -0.1) is 17.5 Å². The van der Waals surface area contributed by atoms with E-state index in [2.05, 4.69) is 61.3 Å². The molecule has 2 heterocycles. The van der Waals surface area contributed by atoms with Crippen molar-refractivity contribution in [2.45, 2.75) is 20.4 Å². The molecule has 2 aromatic carbocycles. The zero-order valence-electron chi connectivity index (χ0n) is 16.0. The number of pyridine rings is 1. The largest absolute Gasteiger partial charge is 0.380 e. The van der Waals surface area contributed by atoms with Crippen LogP contribution in [0.2, 0.25) is 5.02 Å². The van der Waals surface area contributed by atoms with Gasteiger partial charge < -0.3 is 5.32 Å². The summed E-state index contributed by atoms with van der Waals surface area (Å²) in [6.07, 6.45) is 0. The first-order valence-electron chi connectivity index (χ1n) is 8.92. The Bertz CT molecular complexity index is 1090.